The van der Waals surface area contributed by atoms with Gasteiger partial charge in [0, 0.05) is 0 Å². The molecule has 0 aliphatic carbocycles. The number of urea groups is 1. The van der Waals surface area contributed by atoms with Gasteiger partial charge in [0.1, 0.15) is 0 Å². The number of nitrogens with two attached hydrogens (primary N) is 1. The molecule has 0 unspecified atom stereocenters. The van der Waals surface area contributed by atoms with E-state index in [0.29, 0.717) is 0 Å². The highest BCUT2D eigenvalue weighted by molar-refractivity contribution is 8.02. The molecule has 1 heterocycles. The number of thiazole rings is 1. The molecule has 0 aliphatic heterocycles. The van der Waals surface area contributed by atoms with Crippen molar-refractivity contribution in [3.8, 4) is 0 Å². The lowest BCUT2D eigenvalue weighted by molar-refractivity contribution is -0.119. The summed E-state index contributed by atoms with van der Waals surface area (Å²) in [5.74, 6) is -0.410. The third-order valence-electron chi connectivity index (χ3n) is 2.17. The summed E-state index contributed by atoms with van der Waals surface area (Å²) in [6.45, 7) is 1.70. The molecule has 0 aliphatic rings. The summed E-state index contributed by atoms with van der Waals surface area (Å²) in [5, 5.41) is 1.63. The van der Waals surface area contributed by atoms with Gasteiger partial charge in [-0.3, -0.25) is 10.1 Å². The van der Waals surface area contributed by atoms with Gasteiger partial charge in [-0.05, 0) is 19.1 Å². The van der Waals surface area contributed by atoms with Crippen LogP contribution >= 0.6 is 23.1 Å². The Morgan fingerprint density at radius 1 is 1.44 bits per heavy atom. The summed E-state index contributed by atoms with van der Waals surface area (Å²) in [4.78, 5) is 26.5. The first-order valence-corrected chi connectivity index (χ1v) is 6.88. The van der Waals surface area contributed by atoms with E-state index in [1.165, 1.54) is 23.1 Å². The number of aromatic nitrogens is 1. The van der Waals surface area contributed by atoms with Crippen LogP contribution in [0.5, 0.6) is 0 Å². The van der Waals surface area contributed by atoms with Crippen molar-refractivity contribution in [2.24, 2.45) is 5.73 Å². The van der Waals surface area contributed by atoms with Crippen LogP contribution in [0.3, 0.4) is 0 Å². The topological polar surface area (TPSA) is 85.1 Å². The van der Waals surface area contributed by atoms with Crippen molar-refractivity contribution in [2.45, 2.75) is 16.5 Å². The Labute approximate surface area is 112 Å². The van der Waals surface area contributed by atoms with E-state index in [2.05, 4.69) is 10.3 Å². The highest BCUT2D eigenvalue weighted by atomic mass is 32.2. The number of thioether (sulfide) groups is 1. The van der Waals surface area contributed by atoms with Crippen LogP contribution in [0.4, 0.5) is 4.79 Å². The third kappa shape index (κ3) is 2.99. The average molecular weight is 281 g/mol. The zero-order chi connectivity index (χ0) is 13.1. The number of amides is 3. The number of fused-ring (bicyclic) bond motifs is 1. The maximum Gasteiger partial charge on any atom is 0.318 e. The van der Waals surface area contributed by atoms with Crippen molar-refractivity contribution in [2.75, 3.05) is 0 Å². The SMILES string of the molecule is C[C@@H](Sc1nc2ccccc2s1)C(=O)NC(N)=O. The summed E-state index contributed by atoms with van der Waals surface area (Å²) >= 11 is 2.82. The number of primary amides is 1. The number of para-hydroxylation sites is 1. The summed E-state index contributed by atoms with van der Waals surface area (Å²) in [6.07, 6.45) is 0. The molecule has 3 N–H and O–H groups in total. The molecule has 0 spiro atoms. The molecular weight excluding hydrogens is 270 g/mol. The standard InChI is InChI=1S/C11H11N3O2S2/c1-6(9(15)14-10(12)16)17-11-13-7-4-2-3-5-8(7)18-11/h2-6H,1H3,(H3,12,14,15,16)/t6-/m1/s1. The highest BCUT2D eigenvalue weighted by Crippen LogP contribution is 2.31. The molecule has 2 aromatic rings. The Bertz CT molecular complexity index is 564. The zero-order valence-electron chi connectivity index (χ0n) is 9.54. The van der Waals surface area contributed by atoms with Gasteiger partial charge in [-0.15, -0.1) is 11.3 Å². The van der Waals surface area contributed by atoms with E-state index in [1.54, 1.807) is 6.92 Å². The fraction of sp³-hybridized carbons (Fsp3) is 0.182. The van der Waals surface area contributed by atoms with Gasteiger partial charge in [0.2, 0.25) is 5.91 Å². The third-order valence-corrected chi connectivity index (χ3v) is 4.40. The lowest BCUT2D eigenvalue weighted by Crippen LogP contribution is -2.39. The number of nitrogens with one attached hydrogen (secondary N) is 1. The first-order chi connectivity index (χ1) is 8.56. The first kappa shape index (κ1) is 12.8. The van der Waals surface area contributed by atoms with Crippen LogP contribution in [0.2, 0.25) is 0 Å². The van der Waals surface area contributed by atoms with Crippen LogP contribution in [-0.2, 0) is 4.79 Å². The van der Waals surface area contributed by atoms with E-state index < -0.39 is 17.2 Å². The van der Waals surface area contributed by atoms with Gasteiger partial charge < -0.3 is 5.73 Å². The Morgan fingerprint density at radius 2 is 2.17 bits per heavy atom. The molecule has 2 rings (SSSR count). The molecule has 1 aromatic heterocycles. The van der Waals surface area contributed by atoms with Gasteiger partial charge in [0.25, 0.3) is 0 Å². The maximum atomic E-state index is 11.5. The molecular formula is C11H11N3O2S2. The fourth-order valence-electron chi connectivity index (χ4n) is 1.33. The van der Waals surface area contributed by atoms with Crippen molar-refractivity contribution in [1.29, 1.82) is 0 Å². The molecule has 0 saturated heterocycles. The Balaban J connectivity index is 2.09. The number of rotatable bonds is 3. The minimum atomic E-state index is -0.836. The van der Waals surface area contributed by atoms with E-state index in [4.69, 9.17) is 5.73 Å². The first-order valence-electron chi connectivity index (χ1n) is 5.19. The lowest BCUT2D eigenvalue weighted by Gasteiger charge is -2.06. The molecule has 3 amide bonds. The number of benzene rings is 1. The van der Waals surface area contributed by atoms with Gasteiger partial charge >= 0.3 is 6.03 Å². The molecule has 0 bridgehead atoms. The molecule has 5 nitrogen and oxygen atoms in total. The van der Waals surface area contributed by atoms with E-state index in [-0.39, 0.29) is 0 Å². The van der Waals surface area contributed by atoms with Crippen molar-refractivity contribution in [3.63, 3.8) is 0 Å². The highest BCUT2D eigenvalue weighted by Gasteiger charge is 2.17. The Hall–Kier alpha value is -1.60. The van der Waals surface area contributed by atoms with E-state index in [0.717, 1.165) is 14.6 Å². The van der Waals surface area contributed by atoms with Crippen LogP contribution in [0.15, 0.2) is 28.6 Å². The number of hydrogen-bond donors (Lipinski definition) is 2. The second-order valence-corrected chi connectivity index (χ2v) is 6.18. The van der Waals surface area contributed by atoms with Gasteiger partial charge in [-0.2, -0.15) is 0 Å². The summed E-state index contributed by atoms with van der Waals surface area (Å²) in [5.41, 5.74) is 5.80. The zero-order valence-corrected chi connectivity index (χ0v) is 11.2. The normalized spacial score (nSPS) is 12.3. The molecule has 0 fully saturated rings. The van der Waals surface area contributed by atoms with Crippen LogP contribution in [0.25, 0.3) is 10.2 Å². The molecule has 94 valence electrons. The van der Waals surface area contributed by atoms with E-state index in [1.807, 2.05) is 24.3 Å². The Kier molecular flexibility index (Phi) is 3.83. The second-order valence-electron chi connectivity index (χ2n) is 3.56. The van der Waals surface area contributed by atoms with Gasteiger partial charge in [-0.1, -0.05) is 23.9 Å². The van der Waals surface area contributed by atoms with E-state index >= 15 is 0 Å². The van der Waals surface area contributed by atoms with Gasteiger partial charge in [0.15, 0.2) is 4.34 Å². The average Bonchev–Trinajstić information content (AvgIpc) is 2.69. The number of nitrogens with zero attached hydrogens (tertiary/aromatic N) is 1. The molecule has 1 aromatic carbocycles. The van der Waals surface area contributed by atoms with Gasteiger partial charge in [-0.25, -0.2) is 9.78 Å². The van der Waals surface area contributed by atoms with Crippen molar-refractivity contribution in [1.82, 2.24) is 10.3 Å². The van der Waals surface area contributed by atoms with Crippen LogP contribution in [0, 0.1) is 0 Å². The largest absolute Gasteiger partial charge is 0.351 e. The Morgan fingerprint density at radius 3 is 2.83 bits per heavy atom. The summed E-state index contributed by atoms with van der Waals surface area (Å²) in [6, 6.07) is 6.92. The quantitative estimate of drug-likeness (QED) is 0.842. The van der Waals surface area contributed by atoms with Crippen LogP contribution < -0.4 is 11.1 Å². The molecule has 7 heteroatoms. The molecule has 0 radical (unpaired) electrons. The van der Waals surface area contributed by atoms with Gasteiger partial charge in [0.05, 0.1) is 15.5 Å². The maximum absolute atomic E-state index is 11.5. The molecule has 1 atom stereocenters. The predicted octanol–water partition coefficient (Wildman–Crippen LogP) is 1.97. The minimum Gasteiger partial charge on any atom is -0.351 e. The summed E-state index contributed by atoms with van der Waals surface area (Å²) < 4.78 is 1.87. The van der Waals surface area contributed by atoms with Crippen molar-refractivity contribution in [3.05, 3.63) is 24.3 Å². The van der Waals surface area contributed by atoms with Crippen molar-refractivity contribution >= 4 is 45.3 Å². The number of carbonyl (C=O) groups excluding carboxylic acids is 2. The van der Waals surface area contributed by atoms with Crippen molar-refractivity contribution < 1.29 is 9.59 Å². The minimum absolute atomic E-state index is 0.410. The lowest BCUT2D eigenvalue weighted by atomic mass is 10.3. The molecule has 0 saturated carbocycles. The fourth-order valence-corrected chi connectivity index (χ4v) is 3.54. The predicted molar refractivity (Wildman–Crippen MR) is 72.7 cm³/mol. The van der Waals surface area contributed by atoms with E-state index in [9.17, 15) is 9.59 Å². The number of hydrogen-bond acceptors (Lipinski definition) is 5. The monoisotopic (exact) mass is 281 g/mol. The smallest absolute Gasteiger partial charge is 0.318 e. The summed E-state index contributed by atoms with van der Waals surface area (Å²) in [7, 11) is 0. The number of carbonyl (C=O) groups is 2. The van der Waals surface area contributed by atoms with Crippen LogP contribution in [0.1, 0.15) is 6.92 Å². The number of imide groups is 1. The second kappa shape index (κ2) is 5.36. The molecule has 18 heavy (non-hydrogen) atoms. The van der Waals surface area contributed by atoms with Crippen LogP contribution in [-0.4, -0.2) is 22.2 Å².